The van der Waals surface area contributed by atoms with Gasteiger partial charge in [-0.2, -0.15) is 0 Å². The van der Waals surface area contributed by atoms with Crippen LogP contribution in [0.1, 0.15) is 12.8 Å². The van der Waals surface area contributed by atoms with Crippen LogP contribution in [0.3, 0.4) is 0 Å². The molecule has 0 aliphatic rings. The molecule has 0 aliphatic carbocycles. The summed E-state index contributed by atoms with van der Waals surface area (Å²) in [6.45, 7) is 0.357. The zero-order valence-corrected chi connectivity index (χ0v) is 8.66. The number of unbranched alkanes of at least 4 members (excludes halogenated alkanes) is 1. The van der Waals surface area contributed by atoms with Gasteiger partial charge in [0.1, 0.15) is 0 Å². The second-order valence-corrected chi connectivity index (χ2v) is 5.79. The first-order valence-electron chi connectivity index (χ1n) is 3.55. The van der Waals surface area contributed by atoms with Crippen molar-refractivity contribution in [3.63, 3.8) is 0 Å². The third-order valence-corrected chi connectivity index (χ3v) is 3.88. The maximum Gasteiger partial charge on any atom is 0.476 e. The van der Waals surface area contributed by atoms with Crippen LogP contribution in [0.2, 0.25) is 0 Å². The quantitative estimate of drug-likeness (QED) is 0.375. The summed E-state index contributed by atoms with van der Waals surface area (Å²) < 4.78 is 24.8. The molecule has 0 heterocycles. The van der Waals surface area contributed by atoms with Crippen LogP contribution >= 0.6 is 15.4 Å². The summed E-state index contributed by atoms with van der Waals surface area (Å²) in [6.07, 6.45) is 0.509. The van der Waals surface area contributed by atoms with Crippen molar-refractivity contribution < 1.29 is 28.1 Å². The number of rotatable bonds is 6. The van der Waals surface area contributed by atoms with E-state index in [4.69, 9.17) is 20.4 Å². The summed E-state index contributed by atoms with van der Waals surface area (Å²) in [5, 5.41) is 0. The van der Waals surface area contributed by atoms with Gasteiger partial charge in [-0.1, -0.05) is 0 Å². The number of phosphoric acid groups is 1. The van der Waals surface area contributed by atoms with Gasteiger partial charge < -0.3 is 20.4 Å². The molecule has 1 unspecified atom stereocenters. The zero-order valence-electron chi connectivity index (χ0n) is 6.87. The third kappa shape index (κ3) is 8.59. The number of nitrogens with two attached hydrogens (primary N) is 1. The summed E-state index contributed by atoms with van der Waals surface area (Å²) in [5.74, 6) is 0. The van der Waals surface area contributed by atoms with E-state index in [1.165, 1.54) is 0 Å². The minimum absolute atomic E-state index is 0.296. The van der Waals surface area contributed by atoms with Crippen LogP contribution in [0.4, 0.5) is 0 Å². The van der Waals surface area contributed by atoms with E-state index in [1.807, 2.05) is 0 Å². The molecule has 5 N–H and O–H groups in total. The highest BCUT2D eigenvalue weighted by atomic mass is 31.3. The zero-order chi connectivity index (χ0) is 10.5. The lowest BCUT2D eigenvalue weighted by atomic mass is 10.3. The van der Waals surface area contributed by atoms with Crippen molar-refractivity contribution in [3.8, 4) is 0 Å². The molecule has 0 amide bonds. The van der Waals surface area contributed by atoms with Gasteiger partial charge >= 0.3 is 15.4 Å². The fraction of sp³-hybridized carbons (Fsp3) is 1.00. The monoisotopic (exact) mass is 233 g/mol. The molecule has 0 aromatic heterocycles. The lowest BCUT2D eigenvalue weighted by Gasteiger charge is -2.11. The smallest absolute Gasteiger partial charge is 0.330 e. The molecule has 1 atom stereocenters. The van der Waals surface area contributed by atoms with Crippen molar-refractivity contribution in [2.24, 2.45) is 5.73 Å². The van der Waals surface area contributed by atoms with Crippen molar-refractivity contribution in [3.05, 3.63) is 0 Å². The second kappa shape index (κ2) is 5.22. The first kappa shape index (κ1) is 13.3. The van der Waals surface area contributed by atoms with Crippen LogP contribution in [0, 0.1) is 0 Å². The van der Waals surface area contributed by atoms with Crippen LogP contribution < -0.4 is 5.73 Å². The van der Waals surface area contributed by atoms with E-state index in [0.717, 1.165) is 0 Å². The Balaban J connectivity index is 3.95. The molecule has 13 heavy (non-hydrogen) atoms. The van der Waals surface area contributed by atoms with Gasteiger partial charge in [-0.25, -0.2) is 8.88 Å². The topological polar surface area (TPSA) is 130 Å². The molecule has 0 fully saturated rings. The molecule has 0 radical (unpaired) electrons. The Labute approximate surface area is 75.7 Å². The summed E-state index contributed by atoms with van der Waals surface area (Å²) in [5.41, 5.74) is 5.12. The van der Waals surface area contributed by atoms with Gasteiger partial charge in [0.2, 0.25) is 0 Å². The lowest BCUT2D eigenvalue weighted by Crippen LogP contribution is -2.01. The average molecular weight is 233 g/mol. The van der Waals surface area contributed by atoms with Gasteiger partial charge in [0.15, 0.2) is 0 Å². The summed E-state index contributed by atoms with van der Waals surface area (Å²) in [7, 11) is -9.04. The van der Waals surface area contributed by atoms with E-state index in [2.05, 4.69) is 4.31 Å². The van der Waals surface area contributed by atoms with Crippen molar-refractivity contribution in [2.75, 3.05) is 12.7 Å². The maximum absolute atomic E-state index is 10.9. The predicted molar refractivity (Wildman–Crippen MR) is 46.1 cm³/mol. The van der Waals surface area contributed by atoms with Gasteiger partial charge in [-0.15, -0.1) is 0 Å². The molecule has 0 spiro atoms. The normalized spacial score (nSPS) is 16.9. The van der Waals surface area contributed by atoms with Crippen molar-refractivity contribution in [2.45, 2.75) is 12.8 Å². The molecule has 0 aliphatic heterocycles. The van der Waals surface area contributed by atoms with Gasteiger partial charge in [-0.3, -0.25) is 4.57 Å². The Hall–Kier alpha value is 0.260. The summed E-state index contributed by atoms with van der Waals surface area (Å²) >= 11 is 0. The molecule has 0 saturated carbocycles. The standard InChI is InChI=1S/C4H13NO6P2/c5-3-1-2-4-12(6,7)11-13(8,9)10/h1-5H2,(H,6,7)(H2,8,9,10). The summed E-state index contributed by atoms with van der Waals surface area (Å²) in [6, 6.07) is 0. The van der Waals surface area contributed by atoms with Crippen LogP contribution in [0.15, 0.2) is 0 Å². The first-order valence-corrected chi connectivity index (χ1v) is 6.85. The Bertz CT molecular complexity index is 237. The molecular weight excluding hydrogens is 220 g/mol. The van der Waals surface area contributed by atoms with Gasteiger partial charge in [-0.05, 0) is 19.4 Å². The molecule has 9 heteroatoms. The average Bonchev–Trinajstić information content (AvgIpc) is 1.81. The molecule has 0 bridgehead atoms. The van der Waals surface area contributed by atoms with E-state index in [1.54, 1.807) is 0 Å². The van der Waals surface area contributed by atoms with E-state index in [-0.39, 0.29) is 6.16 Å². The van der Waals surface area contributed by atoms with E-state index in [9.17, 15) is 9.13 Å². The Morgan fingerprint density at radius 3 is 2.08 bits per heavy atom. The van der Waals surface area contributed by atoms with E-state index < -0.39 is 15.4 Å². The Kier molecular flexibility index (Phi) is 5.32. The SMILES string of the molecule is NCCCCP(=O)(O)OP(=O)(O)O. The summed E-state index contributed by atoms with van der Waals surface area (Å²) in [4.78, 5) is 25.4. The Morgan fingerprint density at radius 1 is 1.15 bits per heavy atom. The molecule has 0 aromatic rings. The highest BCUT2D eigenvalue weighted by molar-refractivity contribution is 7.63. The third-order valence-electron chi connectivity index (χ3n) is 1.13. The molecule has 80 valence electrons. The predicted octanol–water partition coefficient (Wildman–Crippen LogP) is 0.0200. The highest BCUT2D eigenvalue weighted by Gasteiger charge is 2.29. The highest BCUT2D eigenvalue weighted by Crippen LogP contribution is 2.57. The van der Waals surface area contributed by atoms with Crippen molar-refractivity contribution >= 4 is 15.4 Å². The van der Waals surface area contributed by atoms with Crippen LogP contribution in [0.5, 0.6) is 0 Å². The van der Waals surface area contributed by atoms with Gasteiger partial charge in [0, 0.05) is 0 Å². The largest absolute Gasteiger partial charge is 0.476 e. The Morgan fingerprint density at radius 2 is 1.69 bits per heavy atom. The molecule has 0 rings (SSSR count). The van der Waals surface area contributed by atoms with E-state index >= 15 is 0 Å². The maximum atomic E-state index is 10.9. The van der Waals surface area contributed by atoms with Crippen LogP contribution in [-0.2, 0) is 13.4 Å². The van der Waals surface area contributed by atoms with Gasteiger partial charge in [0.05, 0.1) is 6.16 Å². The molecule has 0 saturated heterocycles. The van der Waals surface area contributed by atoms with Crippen molar-refractivity contribution in [1.29, 1.82) is 0 Å². The molecule has 7 nitrogen and oxygen atoms in total. The lowest BCUT2D eigenvalue weighted by molar-refractivity contribution is 0.263. The molecule has 0 aromatic carbocycles. The van der Waals surface area contributed by atoms with Crippen LogP contribution in [-0.4, -0.2) is 27.4 Å². The first-order chi connectivity index (χ1) is 5.77. The number of hydrogen-bond acceptors (Lipinski definition) is 4. The second-order valence-electron chi connectivity index (χ2n) is 2.43. The minimum atomic E-state index is -4.88. The van der Waals surface area contributed by atoms with Gasteiger partial charge in [0.25, 0.3) is 0 Å². The minimum Gasteiger partial charge on any atom is -0.330 e. The van der Waals surface area contributed by atoms with Crippen LogP contribution in [0.25, 0.3) is 0 Å². The fourth-order valence-corrected chi connectivity index (χ4v) is 2.94. The molecular formula is C4H13NO6P2. The van der Waals surface area contributed by atoms with E-state index in [0.29, 0.717) is 19.4 Å². The number of hydrogen-bond donors (Lipinski definition) is 4. The van der Waals surface area contributed by atoms with Crippen molar-refractivity contribution in [1.82, 2.24) is 0 Å². The fourth-order valence-electron chi connectivity index (χ4n) is 0.663.